The zero-order valence-electron chi connectivity index (χ0n) is 16.0. The van der Waals surface area contributed by atoms with Gasteiger partial charge in [-0.15, -0.1) is 0 Å². The van der Waals surface area contributed by atoms with Crippen molar-refractivity contribution in [2.75, 3.05) is 6.61 Å². The van der Waals surface area contributed by atoms with Gasteiger partial charge in [-0.2, -0.15) is 0 Å². The molecule has 4 aromatic rings. The molecule has 30 heavy (non-hydrogen) atoms. The van der Waals surface area contributed by atoms with E-state index in [0.29, 0.717) is 28.8 Å². The van der Waals surface area contributed by atoms with Crippen molar-refractivity contribution in [2.24, 2.45) is 0 Å². The normalized spacial score (nSPS) is 10.8. The van der Waals surface area contributed by atoms with Gasteiger partial charge in [-0.05, 0) is 48.9 Å². The number of rotatable bonds is 7. The second-order valence-electron chi connectivity index (χ2n) is 6.78. The van der Waals surface area contributed by atoms with Crippen molar-refractivity contribution < 1.29 is 23.2 Å². The molecule has 6 heteroatoms. The van der Waals surface area contributed by atoms with Crippen LogP contribution in [-0.2, 0) is 4.74 Å². The third-order valence-electron chi connectivity index (χ3n) is 4.70. The maximum absolute atomic E-state index is 12.9. The molecule has 0 saturated carbocycles. The lowest BCUT2D eigenvalue weighted by molar-refractivity contribution is 0.0494. The van der Waals surface area contributed by atoms with E-state index in [1.807, 2.05) is 30.3 Å². The number of benzene rings is 3. The van der Waals surface area contributed by atoms with Crippen LogP contribution in [0.1, 0.15) is 33.6 Å². The Labute approximate surface area is 172 Å². The minimum Gasteiger partial charge on any atom is -0.462 e. The number of carbonyl (C=O) groups excluding carboxylic acids is 2. The zero-order valence-corrected chi connectivity index (χ0v) is 16.0. The highest BCUT2D eigenvalue weighted by molar-refractivity contribution is 5.99. The van der Waals surface area contributed by atoms with Crippen LogP contribution in [-0.4, -0.2) is 23.5 Å². The second-order valence-corrected chi connectivity index (χ2v) is 6.78. The van der Waals surface area contributed by atoms with Gasteiger partial charge in [-0.25, -0.2) is 9.18 Å². The molecule has 0 spiro atoms. The predicted molar refractivity (Wildman–Crippen MR) is 110 cm³/mol. The quantitative estimate of drug-likeness (QED) is 0.233. The van der Waals surface area contributed by atoms with Gasteiger partial charge in [0, 0.05) is 17.5 Å². The Morgan fingerprint density at radius 1 is 0.933 bits per heavy atom. The first-order valence-electron chi connectivity index (χ1n) is 9.52. The molecule has 0 bridgehead atoms. The third-order valence-corrected chi connectivity index (χ3v) is 4.70. The molecule has 0 fully saturated rings. The van der Waals surface area contributed by atoms with Gasteiger partial charge in [0.15, 0.2) is 11.5 Å². The number of esters is 1. The van der Waals surface area contributed by atoms with Crippen LogP contribution >= 0.6 is 0 Å². The smallest absolute Gasteiger partial charge is 0.338 e. The molecule has 3 aromatic carbocycles. The van der Waals surface area contributed by atoms with Crippen molar-refractivity contribution in [3.05, 3.63) is 89.7 Å². The molecule has 0 radical (unpaired) electrons. The maximum Gasteiger partial charge on any atom is 0.338 e. The minimum absolute atomic E-state index is 0.110. The van der Waals surface area contributed by atoms with Crippen molar-refractivity contribution in [3.63, 3.8) is 0 Å². The largest absolute Gasteiger partial charge is 0.462 e. The maximum atomic E-state index is 12.9. The van der Waals surface area contributed by atoms with Gasteiger partial charge in [-0.1, -0.05) is 35.5 Å². The highest BCUT2D eigenvalue weighted by atomic mass is 19.1. The van der Waals surface area contributed by atoms with Crippen molar-refractivity contribution >= 4 is 22.7 Å². The molecule has 0 aliphatic heterocycles. The van der Waals surface area contributed by atoms with E-state index in [1.165, 1.54) is 24.3 Å². The fourth-order valence-electron chi connectivity index (χ4n) is 3.13. The summed E-state index contributed by atoms with van der Waals surface area (Å²) in [5.74, 6) is -0.401. The summed E-state index contributed by atoms with van der Waals surface area (Å²) < 4.78 is 23.7. The summed E-state index contributed by atoms with van der Waals surface area (Å²) in [6.45, 7) is 0.110. The van der Waals surface area contributed by atoms with Crippen LogP contribution in [0.5, 0.6) is 0 Å². The number of hydrogen-bond donors (Lipinski definition) is 0. The SMILES string of the molecule is O=C(CCCOC(=O)c1ccc2noc(-c3ccccc3)c2c1)c1ccc(F)cc1. The van der Waals surface area contributed by atoms with Crippen molar-refractivity contribution in [1.29, 1.82) is 0 Å². The summed E-state index contributed by atoms with van der Waals surface area (Å²) >= 11 is 0. The molecule has 0 unspecified atom stereocenters. The Balaban J connectivity index is 1.37. The molecule has 4 rings (SSSR count). The molecular formula is C24H18FNO4. The fraction of sp³-hybridized carbons (Fsp3) is 0.125. The average Bonchev–Trinajstić information content (AvgIpc) is 3.21. The van der Waals surface area contributed by atoms with Gasteiger partial charge in [0.2, 0.25) is 0 Å². The van der Waals surface area contributed by atoms with Crippen LogP contribution < -0.4 is 0 Å². The molecule has 1 heterocycles. The van der Waals surface area contributed by atoms with Crippen LogP contribution in [0.15, 0.2) is 77.3 Å². The monoisotopic (exact) mass is 403 g/mol. The number of ketones is 1. The van der Waals surface area contributed by atoms with Gasteiger partial charge in [0.25, 0.3) is 0 Å². The number of fused-ring (bicyclic) bond motifs is 1. The topological polar surface area (TPSA) is 69.4 Å². The molecule has 0 aliphatic carbocycles. The van der Waals surface area contributed by atoms with E-state index in [-0.39, 0.29) is 24.6 Å². The average molecular weight is 403 g/mol. The lowest BCUT2D eigenvalue weighted by atomic mass is 10.1. The molecule has 0 atom stereocenters. The van der Waals surface area contributed by atoms with Gasteiger partial charge in [-0.3, -0.25) is 4.79 Å². The van der Waals surface area contributed by atoms with Crippen molar-refractivity contribution in [1.82, 2.24) is 5.16 Å². The summed E-state index contributed by atoms with van der Waals surface area (Å²) in [4.78, 5) is 24.5. The van der Waals surface area contributed by atoms with Gasteiger partial charge >= 0.3 is 5.97 Å². The molecule has 0 amide bonds. The van der Waals surface area contributed by atoms with Gasteiger partial charge in [0.05, 0.1) is 17.6 Å². The van der Waals surface area contributed by atoms with Gasteiger partial charge in [0.1, 0.15) is 11.3 Å². The Hall–Kier alpha value is -3.80. The Morgan fingerprint density at radius 2 is 1.67 bits per heavy atom. The third kappa shape index (κ3) is 4.27. The van der Waals surface area contributed by atoms with E-state index in [4.69, 9.17) is 9.26 Å². The summed E-state index contributed by atoms with van der Waals surface area (Å²) in [6, 6.07) is 19.9. The van der Waals surface area contributed by atoms with Gasteiger partial charge < -0.3 is 9.26 Å². The number of nitrogens with zero attached hydrogens (tertiary/aromatic N) is 1. The summed E-state index contributed by atoms with van der Waals surface area (Å²) in [5.41, 5.74) is 2.34. The highest BCUT2D eigenvalue weighted by Gasteiger charge is 2.15. The van der Waals surface area contributed by atoms with E-state index in [0.717, 1.165) is 10.9 Å². The van der Waals surface area contributed by atoms with Crippen LogP contribution in [0.4, 0.5) is 4.39 Å². The molecule has 1 aromatic heterocycles. The Kier molecular flexibility index (Phi) is 5.66. The predicted octanol–water partition coefficient (Wildman–Crippen LogP) is 5.45. The number of carbonyl (C=O) groups is 2. The zero-order chi connectivity index (χ0) is 20.9. The first-order chi connectivity index (χ1) is 14.6. The summed E-state index contributed by atoms with van der Waals surface area (Å²) in [7, 11) is 0. The Morgan fingerprint density at radius 3 is 2.43 bits per heavy atom. The minimum atomic E-state index is -0.480. The van der Waals surface area contributed by atoms with E-state index >= 15 is 0 Å². The number of halogens is 1. The highest BCUT2D eigenvalue weighted by Crippen LogP contribution is 2.29. The summed E-state index contributed by atoms with van der Waals surface area (Å²) in [5, 5.41) is 4.76. The molecule has 0 N–H and O–H groups in total. The molecule has 150 valence electrons. The number of hydrogen-bond acceptors (Lipinski definition) is 5. The number of ether oxygens (including phenoxy) is 1. The first-order valence-corrected chi connectivity index (χ1v) is 9.52. The van der Waals surface area contributed by atoms with E-state index in [2.05, 4.69) is 5.16 Å². The standard InChI is InChI=1S/C24H18FNO4/c25-19-11-8-16(9-12-19)22(27)7-4-14-29-24(28)18-10-13-21-20(15-18)23(30-26-21)17-5-2-1-3-6-17/h1-3,5-6,8-13,15H,4,7,14H2. The lowest BCUT2D eigenvalue weighted by Gasteiger charge is -2.05. The Bertz CT molecular complexity index is 1180. The van der Waals surface area contributed by atoms with Crippen LogP contribution in [0.25, 0.3) is 22.2 Å². The van der Waals surface area contributed by atoms with Crippen LogP contribution in [0.3, 0.4) is 0 Å². The van der Waals surface area contributed by atoms with Crippen LogP contribution in [0.2, 0.25) is 0 Å². The fourth-order valence-corrected chi connectivity index (χ4v) is 3.13. The van der Waals surface area contributed by atoms with Crippen LogP contribution in [0, 0.1) is 5.82 Å². The molecule has 0 aliphatic rings. The number of Topliss-reactive ketones (excluding diaryl/α,β-unsaturated/α-hetero) is 1. The van der Waals surface area contributed by atoms with E-state index in [1.54, 1.807) is 18.2 Å². The van der Waals surface area contributed by atoms with E-state index < -0.39 is 5.97 Å². The molecule has 0 saturated heterocycles. The summed E-state index contributed by atoms with van der Waals surface area (Å²) in [6.07, 6.45) is 0.592. The number of aromatic nitrogens is 1. The lowest BCUT2D eigenvalue weighted by Crippen LogP contribution is -2.08. The second kappa shape index (κ2) is 8.69. The molecule has 5 nitrogen and oxygen atoms in total. The molecular weight excluding hydrogens is 385 g/mol. The van der Waals surface area contributed by atoms with Crippen molar-refractivity contribution in [3.8, 4) is 11.3 Å². The van der Waals surface area contributed by atoms with Crippen molar-refractivity contribution in [2.45, 2.75) is 12.8 Å². The van der Waals surface area contributed by atoms with E-state index in [9.17, 15) is 14.0 Å². The first kappa shape index (κ1) is 19.5.